The van der Waals surface area contributed by atoms with Crippen molar-refractivity contribution < 1.29 is 9.13 Å². The van der Waals surface area contributed by atoms with E-state index in [0.717, 1.165) is 37.1 Å². The fourth-order valence-electron chi connectivity index (χ4n) is 4.42. The van der Waals surface area contributed by atoms with E-state index in [9.17, 15) is 9.65 Å². The molecule has 3 aromatic rings. The first-order valence-corrected chi connectivity index (χ1v) is 11.1. The lowest BCUT2D eigenvalue weighted by molar-refractivity contribution is 0.302. The molecule has 0 bridgehead atoms. The molecule has 1 aromatic heterocycles. The third-order valence-electron chi connectivity index (χ3n) is 6.07. The van der Waals surface area contributed by atoms with E-state index in [-0.39, 0.29) is 11.7 Å². The van der Waals surface area contributed by atoms with Gasteiger partial charge in [0, 0.05) is 23.8 Å². The Bertz CT molecular complexity index is 1250. The molecule has 8 heteroatoms. The van der Waals surface area contributed by atoms with Crippen LogP contribution in [0.15, 0.2) is 36.5 Å². The van der Waals surface area contributed by atoms with Crippen LogP contribution in [0.25, 0.3) is 11.3 Å². The molecule has 2 aliphatic heterocycles. The highest BCUT2D eigenvalue weighted by molar-refractivity contribution is 5.76. The highest BCUT2D eigenvalue weighted by Gasteiger charge is 2.25. The SMILES string of the molecule is CC(C)N1CCOc2c(C#N)cc(-c3nc(Nc4ccc5c(c4)CNCC5)ncc3F)cc21. The summed E-state index contributed by atoms with van der Waals surface area (Å²) >= 11 is 0. The Kier molecular flexibility index (Phi) is 5.56. The van der Waals surface area contributed by atoms with Gasteiger partial charge in [0.1, 0.15) is 18.4 Å². The number of rotatable bonds is 4. The molecule has 2 aromatic carbocycles. The zero-order valence-corrected chi connectivity index (χ0v) is 18.7. The van der Waals surface area contributed by atoms with Crippen molar-refractivity contribution in [3.05, 3.63) is 59.0 Å². The number of aromatic nitrogens is 2. The number of anilines is 3. The molecule has 0 unspecified atom stereocenters. The fourth-order valence-corrected chi connectivity index (χ4v) is 4.42. The number of fused-ring (bicyclic) bond motifs is 2. The van der Waals surface area contributed by atoms with E-state index < -0.39 is 5.82 Å². The molecule has 0 aliphatic carbocycles. The molecule has 2 N–H and O–H groups in total. The van der Waals surface area contributed by atoms with Gasteiger partial charge in [-0.05, 0) is 62.2 Å². The normalized spacial score (nSPS) is 14.8. The maximum absolute atomic E-state index is 14.9. The molecule has 0 radical (unpaired) electrons. The summed E-state index contributed by atoms with van der Waals surface area (Å²) in [6.07, 6.45) is 2.16. The van der Waals surface area contributed by atoms with Gasteiger partial charge in [-0.15, -0.1) is 0 Å². The second-order valence-corrected chi connectivity index (χ2v) is 8.54. The number of ether oxygens (including phenoxy) is 1. The van der Waals surface area contributed by atoms with Crippen molar-refractivity contribution in [2.75, 3.05) is 29.9 Å². The first-order valence-electron chi connectivity index (χ1n) is 11.1. The van der Waals surface area contributed by atoms with Crippen LogP contribution in [0, 0.1) is 17.1 Å². The number of hydrogen-bond acceptors (Lipinski definition) is 7. The largest absolute Gasteiger partial charge is 0.488 e. The second kappa shape index (κ2) is 8.68. The second-order valence-electron chi connectivity index (χ2n) is 8.54. The van der Waals surface area contributed by atoms with Gasteiger partial charge in [-0.3, -0.25) is 0 Å². The minimum absolute atomic E-state index is 0.140. The molecule has 7 nitrogen and oxygen atoms in total. The topological polar surface area (TPSA) is 86.1 Å². The van der Waals surface area contributed by atoms with Crippen LogP contribution in [0.1, 0.15) is 30.5 Å². The van der Waals surface area contributed by atoms with Crippen LogP contribution in [0.3, 0.4) is 0 Å². The van der Waals surface area contributed by atoms with Crippen molar-refractivity contribution in [2.24, 2.45) is 0 Å². The Morgan fingerprint density at radius 1 is 1.24 bits per heavy atom. The Hall–Kier alpha value is -3.70. The lowest BCUT2D eigenvalue weighted by atomic mass is 10.0. The van der Waals surface area contributed by atoms with Crippen LogP contribution < -0.4 is 20.3 Å². The van der Waals surface area contributed by atoms with Gasteiger partial charge < -0.3 is 20.3 Å². The number of nitrogens with zero attached hydrogens (tertiary/aromatic N) is 4. The van der Waals surface area contributed by atoms with Crippen molar-refractivity contribution in [3.8, 4) is 23.1 Å². The van der Waals surface area contributed by atoms with Gasteiger partial charge in [0.15, 0.2) is 11.6 Å². The molecule has 0 amide bonds. The summed E-state index contributed by atoms with van der Waals surface area (Å²) < 4.78 is 20.6. The molecule has 0 fully saturated rings. The summed E-state index contributed by atoms with van der Waals surface area (Å²) in [6, 6.07) is 12.0. The molecule has 5 rings (SSSR count). The minimum atomic E-state index is -0.549. The average molecular weight is 445 g/mol. The van der Waals surface area contributed by atoms with E-state index >= 15 is 0 Å². The Labute approximate surface area is 192 Å². The van der Waals surface area contributed by atoms with Gasteiger partial charge >= 0.3 is 0 Å². The van der Waals surface area contributed by atoms with Crippen molar-refractivity contribution in [2.45, 2.75) is 32.9 Å². The predicted octanol–water partition coefficient (Wildman–Crippen LogP) is 4.15. The van der Waals surface area contributed by atoms with Crippen LogP contribution in [0.2, 0.25) is 0 Å². The van der Waals surface area contributed by atoms with E-state index in [2.05, 4.69) is 57.6 Å². The molecule has 0 atom stereocenters. The van der Waals surface area contributed by atoms with E-state index in [1.165, 1.54) is 11.1 Å². The first kappa shape index (κ1) is 21.2. The molecule has 0 saturated carbocycles. The van der Waals surface area contributed by atoms with Gasteiger partial charge in [0.05, 0.1) is 24.0 Å². The molecule has 168 valence electrons. The Balaban J connectivity index is 1.52. The Morgan fingerprint density at radius 2 is 2.12 bits per heavy atom. The van der Waals surface area contributed by atoms with Gasteiger partial charge in [-0.2, -0.15) is 5.26 Å². The van der Waals surface area contributed by atoms with Gasteiger partial charge in [-0.1, -0.05) is 6.07 Å². The zero-order chi connectivity index (χ0) is 22.9. The van der Waals surface area contributed by atoms with Gasteiger partial charge in [0.2, 0.25) is 5.95 Å². The number of hydrogen-bond donors (Lipinski definition) is 2. The third kappa shape index (κ3) is 4.08. The third-order valence-corrected chi connectivity index (χ3v) is 6.07. The summed E-state index contributed by atoms with van der Waals surface area (Å²) in [5.74, 6) is 0.284. The number of benzene rings is 2. The first-order chi connectivity index (χ1) is 16.0. The molecule has 33 heavy (non-hydrogen) atoms. The molecule has 3 heterocycles. The lowest BCUT2D eigenvalue weighted by Gasteiger charge is -2.35. The van der Waals surface area contributed by atoms with Crippen LogP contribution >= 0.6 is 0 Å². The zero-order valence-electron chi connectivity index (χ0n) is 18.7. The van der Waals surface area contributed by atoms with E-state index in [1.54, 1.807) is 6.07 Å². The molecular weight excluding hydrogens is 419 g/mol. The maximum Gasteiger partial charge on any atom is 0.227 e. The van der Waals surface area contributed by atoms with Crippen molar-refractivity contribution in [1.29, 1.82) is 5.26 Å². The standard InChI is InChI=1S/C25H25FN6O/c1-15(2)32-7-8-33-24-18(12-27)9-17(11-22(24)32)23-21(26)14-29-25(31-23)30-20-4-3-16-5-6-28-13-19(16)10-20/h3-4,9-11,14-15,28H,5-8,13H2,1-2H3,(H,29,30,31). The summed E-state index contributed by atoms with van der Waals surface area (Å²) in [4.78, 5) is 10.7. The summed E-state index contributed by atoms with van der Waals surface area (Å²) in [7, 11) is 0. The van der Waals surface area contributed by atoms with E-state index in [4.69, 9.17) is 4.74 Å². The molecule has 0 saturated heterocycles. The molecular formula is C25H25FN6O. The summed E-state index contributed by atoms with van der Waals surface area (Å²) in [6.45, 7) is 7.16. The van der Waals surface area contributed by atoms with Crippen molar-refractivity contribution in [1.82, 2.24) is 15.3 Å². The lowest BCUT2D eigenvalue weighted by Crippen LogP contribution is -2.38. The predicted molar refractivity (Wildman–Crippen MR) is 125 cm³/mol. The van der Waals surface area contributed by atoms with E-state index in [1.807, 2.05) is 12.1 Å². The molecule has 2 aliphatic rings. The summed E-state index contributed by atoms with van der Waals surface area (Å²) in [5, 5.41) is 16.3. The van der Waals surface area contributed by atoms with Crippen molar-refractivity contribution >= 4 is 17.3 Å². The highest BCUT2D eigenvalue weighted by atomic mass is 19.1. The number of nitrogens with one attached hydrogen (secondary N) is 2. The quantitative estimate of drug-likeness (QED) is 0.625. The highest BCUT2D eigenvalue weighted by Crippen LogP contribution is 2.40. The van der Waals surface area contributed by atoms with E-state index in [0.29, 0.717) is 36.0 Å². The fraction of sp³-hybridized carbons (Fsp3) is 0.320. The average Bonchev–Trinajstić information content (AvgIpc) is 2.84. The van der Waals surface area contributed by atoms with Crippen LogP contribution in [0.5, 0.6) is 5.75 Å². The van der Waals surface area contributed by atoms with Gasteiger partial charge in [-0.25, -0.2) is 14.4 Å². The minimum Gasteiger partial charge on any atom is -0.488 e. The van der Waals surface area contributed by atoms with Gasteiger partial charge in [0.25, 0.3) is 0 Å². The number of nitriles is 1. The summed E-state index contributed by atoms with van der Waals surface area (Å²) in [5.41, 5.74) is 5.20. The van der Waals surface area contributed by atoms with Crippen LogP contribution in [0.4, 0.5) is 21.7 Å². The smallest absolute Gasteiger partial charge is 0.227 e. The monoisotopic (exact) mass is 444 g/mol. The van der Waals surface area contributed by atoms with Crippen LogP contribution in [-0.4, -0.2) is 35.7 Å². The maximum atomic E-state index is 14.9. The Morgan fingerprint density at radius 3 is 2.94 bits per heavy atom. The van der Waals surface area contributed by atoms with Crippen LogP contribution in [-0.2, 0) is 13.0 Å². The van der Waals surface area contributed by atoms with Crippen molar-refractivity contribution in [3.63, 3.8) is 0 Å². The molecule has 0 spiro atoms. The number of halogens is 1.